The molecule has 2 fully saturated rings. The van der Waals surface area contributed by atoms with Crippen LogP contribution >= 0.6 is 11.6 Å². The van der Waals surface area contributed by atoms with Crippen LogP contribution in [-0.4, -0.2) is 28.7 Å². The standard InChI is InChI=1S/C28H19ClF3N3O3/c29-17-7-4-9-19(14-17)35-26(37)21-22(27(35)38)24(34-12-11-15-5-1-2-10-20(15)23(21)34)25(36)33-18-8-3-6-16(13-18)28(30,31)32/h1-14,21-24H,(H,33,36)/t21-,22-,23-,24+/m1/s1. The SMILES string of the molecule is O=C(Nc1cccc(C(F)(F)F)c1)[C@@H]1[C@@H]2C(=O)N(c3cccc(Cl)c3)C(=O)[C@H]2[C@H]2c3ccccc3C=CN12. The Morgan fingerprint density at radius 3 is 2.39 bits per heavy atom. The van der Waals surface area contributed by atoms with Gasteiger partial charge in [-0.3, -0.25) is 14.4 Å². The van der Waals surface area contributed by atoms with Gasteiger partial charge in [-0.25, -0.2) is 4.90 Å². The van der Waals surface area contributed by atoms with Crippen molar-refractivity contribution in [3.8, 4) is 0 Å². The van der Waals surface area contributed by atoms with Crippen molar-refractivity contribution < 1.29 is 27.6 Å². The van der Waals surface area contributed by atoms with Gasteiger partial charge in [0.25, 0.3) is 0 Å². The van der Waals surface area contributed by atoms with Gasteiger partial charge in [-0.05, 0) is 53.6 Å². The molecule has 3 aromatic carbocycles. The molecule has 3 aliphatic heterocycles. The van der Waals surface area contributed by atoms with Gasteiger partial charge in [0.1, 0.15) is 6.04 Å². The number of halogens is 4. The number of fused-ring (bicyclic) bond motifs is 5. The zero-order chi connectivity index (χ0) is 26.8. The third-order valence-electron chi connectivity index (χ3n) is 7.25. The van der Waals surface area contributed by atoms with E-state index in [0.29, 0.717) is 10.7 Å². The normalized spacial score (nSPS) is 23.8. The average molecular weight is 538 g/mol. The first kappa shape index (κ1) is 24.2. The van der Waals surface area contributed by atoms with Crippen molar-refractivity contribution in [3.63, 3.8) is 0 Å². The number of nitrogens with zero attached hydrogens (tertiary/aromatic N) is 2. The molecule has 0 radical (unpaired) electrons. The van der Waals surface area contributed by atoms with Crippen LogP contribution in [-0.2, 0) is 20.6 Å². The summed E-state index contributed by atoms with van der Waals surface area (Å²) in [6, 6.07) is 16.3. The van der Waals surface area contributed by atoms with Crippen LogP contribution in [0.15, 0.2) is 79.0 Å². The monoisotopic (exact) mass is 537 g/mol. The van der Waals surface area contributed by atoms with Crippen LogP contribution in [0.2, 0.25) is 5.02 Å². The van der Waals surface area contributed by atoms with Crippen molar-refractivity contribution in [2.75, 3.05) is 10.2 Å². The molecule has 0 spiro atoms. The molecule has 4 atom stereocenters. The van der Waals surface area contributed by atoms with Crippen LogP contribution in [0.1, 0.15) is 22.7 Å². The van der Waals surface area contributed by atoms with Gasteiger partial charge < -0.3 is 10.2 Å². The Labute approximate surface area is 220 Å². The van der Waals surface area contributed by atoms with Crippen molar-refractivity contribution in [1.82, 2.24) is 4.90 Å². The lowest BCUT2D eigenvalue weighted by atomic mass is 9.84. The van der Waals surface area contributed by atoms with Gasteiger partial charge in [-0.2, -0.15) is 13.2 Å². The molecule has 6 nitrogen and oxygen atoms in total. The number of hydrogen-bond acceptors (Lipinski definition) is 4. The van der Waals surface area contributed by atoms with Crippen molar-refractivity contribution in [2.45, 2.75) is 18.3 Å². The lowest BCUT2D eigenvalue weighted by molar-refractivity contribution is -0.137. The van der Waals surface area contributed by atoms with Crippen molar-refractivity contribution >= 4 is 46.8 Å². The first-order valence-electron chi connectivity index (χ1n) is 11.8. The fraction of sp³-hybridized carbons (Fsp3) is 0.179. The number of carbonyl (C=O) groups excluding carboxylic acids is 3. The van der Waals surface area contributed by atoms with Gasteiger partial charge >= 0.3 is 6.18 Å². The highest BCUT2D eigenvalue weighted by molar-refractivity contribution is 6.31. The average Bonchev–Trinajstić information content (AvgIpc) is 3.36. The van der Waals surface area contributed by atoms with E-state index in [1.54, 1.807) is 35.4 Å². The van der Waals surface area contributed by atoms with E-state index >= 15 is 0 Å². The fourth-order valence-corrected chi connectivity index (χ4v) is 5.90. The van der Waals surface area contributed by atoms with E-state index in [1.807, 2.05) is 24.3 Å². The summed E-state index contributed by atoms with van der Waals surface area (Å²) in [5, 5.41) is 2.89. The molecule has 2 saturated heterocycles. The summed E-state index contributed by atoms with van der Waals surface area (Å²) in [6.45, 7) is 0. The van der Waals surface area contributed by atoms with E-state index in [-0.39, 0.29) is 5.69 Å². The predicted octanol–water partition coefficient (Wildman–Crippen LogP) is 5.51. The van der Waals surface area contributed by atoms with E-state index in [4.69, 9.17) is 11.6 Å². The number of imide groups is 1. The summed E-state index contributed by atoms with van der Waals surface area (Å²) in [6.07, 6.45) is -1.12. The van der Waals surface area contributed by atoms with Crippen LogP contribution in [0.4, 0.5) is 24.5 Å². The second-order valence-electron chi connectivity index (χ2n) is 9.39. The number of rotatable bonds is 3. The molecule has 6 rings (SSSR count). The Hall–Kier alpha value is -4.11. The molecule has 0 unspecified atom stereocenters. The Balaban J connectivity index is 1.42. The van der Waals surface area contributed by atoms with Crippen molar-refractivity contribution in [1.29, 1.82) is 0 Å². The summed E-state index contributed by atoms with van der Waals surface area (Å²) in [5.41, 5.74) is 0.963. The van der Waals surface area contributed by atoms with Gasteiger partial charge in [-0.1, -0.05) is 48.0 Å². The summed E-state index contributed by atoms with van der Waals surface area (Å²) < 4.78 is 39.7. The third-order valence-corrected chi connectivity index (χ3v) is 7.49. The molecule has 0 aliphatic carbocycles. The van der Waals surface area contributed by atoms with Crippen LogP contribution in [0.25, 0.3) is 6.08 Å². The molecule has 3 heterocycles. The van der Waals surface area contributed by atoms with Gasteiger partial charge in [0.15, 0.2) is 0 Å². The topological polar surface area (TPSA) is 69.7 Å². The molecular formula is C28H19ClF3N3O3. The molecule has 38 heavy (non-hydrogen) atoms. The number of benzene rings is 3. The van der Waals surface area contributed by atoms with Gasteiger partial charge in [0.2, 0.25) is 17.7 Å². The second-order valence-corrected chi connectivity index (χ2v) is 9.83. The van der Waals surface area contributed by atoms with Crippen molar-refractivity contribution in [3.05, 3.63) is 101 Å². The first-order chi connectivity index (χ1) is 18.1. The smallest absolute Gasteiger partial charge is 0.357 e. The summed E-state index contributed by atoms with van der Waals surface area (Å²) in [7, 11) is 0. The molecule has 1 N–H and O–H groups in total. The lowest BCUT2D eigenvalue weighted by Gasteiger charge is -2.35. The van der Waals surface area contributed by atoms with E-state index in [0.717, 1.165) is 28.2 Å². The molecule has 3 aliphatic rings. The number of anilines is 2. The van der Waals surface area contributed by atoms with Gasteiger partial charge in [0.05, 0.1) is 29.1 Å². The maximum absolute atomic E-state index is 13.8. The molecule has 0 saturated carbocycles. The highest BCUT2D eigenvalue weighted by Gasteiger charge is 2.64. The number of amides is 3. The Bertz CT molecular complexity index is 1520. The maximum Gasteiger partial charge on any atom is 0.416 e. The number of carbonyl (C=O) groups is 3. The van der Waals surface area contributed by atoms with Crippen LogP contribution in [0.5, 0.6) is 0 Å². The van der Waals surface area contributed by atoms with E-state index in [1.165, 1.54) is 18.2 Å². The van der Waals surface area contributed by atoms with E-state index in [2.05, 4.69) is 5.32 Å². The van der Waals surface area contributed by atoms with E-state index < -0.39 is 53.4 Å². The van der Waals surface area contributed by atoms with Gasteiger partial charge in [0, 0.05) is 16.9 Å². The number of nitrogens with one attached hydrogen (secondary N) is 1. The number of hydrogen-bond donors (Lipinski definition) is 1. The van der Waals surface area contributed by atoms with E-state index in [9.17, 15) is 27.6 Å². The molecule has 192 valence electrons. The van der Waals surface area contributed by atoms with Crippen molar-refractivity contribution in [2.24, 2.45) is 11.8 Å². The highest BCUT2D eigenvalue weighted by atomic mass is 35.5. The molecule has 0 bridgehead atoms. The van der Waals surface area contributed by atoms with Crippen LogP contribution in [0, 0.1) is 11.8 Å². The summed E-state index contributed by atoms with van der Waals surface area (Å²) >= 11 is 6.12. The Morgan fingerprint density at radius 1 is 0.895 bits per heavy atom. The quantitative estimate of drug-likeness (QED) is 0.447. The molecule has 3 aromatic rings. The third kappa shape index (κ3) is 3.77. The minimum Gasteiger partial charge on any atom is -0.357 e. The lowest BCUT2D eigenvalue weighted by Crippen LogP contribution is -2.46. The van der Waals surface area contributed by atoms with Gasteiger partial charge in [-0.15, -0.1) is 0 Å². The molecule has 3 amide bonds. The summed E-state index contributed by atoms with van der Waals surface area (Å²) in [4.78, 5) is 44.0. The molecule has 0 aromatic heterocycles. The maximum atomic E-state index is 13.8. The Kier molecular flexibility index (Phi) is 5.57. The number of alkyl halides is 3. The van der Waals surface area contributed by atoms with Crippen LogP contribution in [0.3, 0.4) is 0 Å². The van der Waals surface area contributed by atoms with Crippen LogP contribution < -0.4 is 10.2 Å². The molecular weight excluding hydrogens is 519 g/mol. The highest BCUT2D eigenvalue weighted by Crippen LogP contribution is 2.53. The minimum absolute atomic E-state index is 0.0605. The Morgan fingerprint density at radius 2 is 1.63 bits per heavy atom. The fourth-order valence-electron chi connectivity index (χ4n) is 5.72. The zero-order valence-corrected chi connectivity index (χ0v) is 20.3. The first-order valence-corrected chi connectivity index (χ1v) is 12.2. The summed E-state index contributed by atoms with van der Waals surface area (Å²) in [5.74, 6) is -3.65. The second kappa shape index (κ2) is 8.73. The zero-order valence-electron chi connectivity index (χ0n) is 19.5. The molecule has 10 heteroatoms. The minimum atomic E-state index is -4.59. The predicted molar refractivity (Wildman–Crippen MR) is 135 cm³/mol. The largest absolute Gasteiger partial charge is 0.416 e.